The minimum Gasteiger partial charge on any atom is -0.356 e. The maximum absolute atomic E-state index is 11.8. The Hall–Kier alpha value is -1.72. The van der Waals surface area contributed by atoms with Crippen LogP contribution in [0.4, 0.5) is 0 Å². The van der Waals surface area contributed by atoms with Gasteiger partial charge in [0, 0.05) is 31.5 Å². The molecular formula is C15H20N2O3. The summed E-state index contributed by atoms with van der Waals surface area (Å²) in [6.07, 6.45) is 1.04. The van der Waals surface area contributed by atoms with E-state index in [0.29, 0.717) is 38.0 Å². The lowest BCUT2D eigenvalue weighted by atomic mass is 10.1. The lowest BCUT2D eigenvalue weighted by Gasteiger charge is -2.24. The van der Waals surface area contributed by atoms with Crippen molar-refractivity contribution in [3.8, 4) is 0 Å². The van der Waals surface area contributed by atoms with Crippen molar-refractivity contribution >= 4 is 11.7 Å². The average Bonchev–Trinajstić information content (AvgIpc) is 2.49. The highest BCUT2D eigenvalue weighted by molar-refractivity contribution is 5.96. The number of ether oxygens (including phenoxy) is 1. The van der Waals surface area contributed by atoms with Gasteiger partial charge in [-0.2, -0.15) is 0 Å². The van der Waals surface area contributed by atoms with Gasteiger partial charge >= 0.3 is 0 Å². The van der Waals surface area contributed by atoms with E-state index in [4.69, 9.17) is 4.74 Å². The Kier molecular flexibility index (Phi) is 5.70. The van der Waals surface area contributed by atoms with Crippen molar-refractivity contribution in [1.29, 1.82) is 0 Å². The van der Waals surface area contributed by atoms with E-state index in [-0.39, 0.29) is 17.9 Å². The molecule has 2 rings (SSSR count). The molecule has 2 N–H and O–H groups in total. The van der Waals surface area contributed by atoms with Gasteiger partial charge in [-0.25, -0.2) is 0 Å². The summed E-state index contributed by atoms with van der Waals surface area (Å²) in [4.78, 5) is 23.5. The zero-order valence-corrected chi connectivity index (χ0v) is 11.4. The third-order valence-electron chi connectivity index (χ3n) is 3.15. The van der Waals surface area contributed by atoms with Crippen molar-refractivity contribution in [2.45, 2.75) is 25.5 Å². The average molecular weight is 276 g/mol. The van der Waals surface area contributed by atoms with Crippen molar-refractivity contribution in [1.82, 2.24) is 10.6 Å². The lowest BCUT2D eigenvalue weighted by Crippen LogP contribution is -2.48. The molecule has 1 atom stereocenters. The molecule has 1 aromatic carbocycles. The fourth-order valence-electron chi connectivity index (χ4n) is 2.09. The van der Waals surface area contributed by atoms with Gasteiger partial charge in [0.25, 0.3) is 0 Å². The van der Waals surface area contributed by atoms with Crippen LogP contribution in [-0.2, 0) is 9.53 Å². The van der Waals surface area contributed by atoms with Gasteiger partial charge in [0.15, 0.2) is 5.78 Å². The second-order valence-electron chi connectivity index (χ2n) is 4.77. The van der Waals surface area contributed by atoms with E-state index >= 15 is 0 Å². The molecule has 0 aromatic heterocycles. The summed E-state index contributed by atoms with van der Waals surface area (Å²) >= 11 is 0. The van der Waals surface area contributed by atoms with Crippen LogP contribution in [-0.4, -0.2) is 37.6 Å². The first-order valence-corrected chi connectivity index (χ1v) is 6.95. The number of morpholine rings is 1. The highest BCUT2D eigenvalue weighted by atomic mass is 16.5. The van der Waals surface area contributed by atoms with Gasteiger partial charge in [-0.05, 0) is 6.42 Å². The molecule has 108 valence electrons. The standard InChI is InChI=1S/C15H20N2O3/c18-13(12-5-2-1-3-6-12)7-4-8-14(19)17-15-11-16-9-10-20-15/h1-3,5-6,15-16H,4,7-11H2,(H,17,19). The van der Waals surface area contributed by atoms with Crippen molar-refractivity contribution < 1.29 is 14.3 Å². The minimum absolute atomic E-state index is 0.0699. The van der Waals surface area contributed by atoms with Gasteiger partial charge in [-0.1, -0.05) is 30.3 Å². The maximum atomic E-state index is 11.8. The van der Waals surface area contributed by atoms with E-state index in [1.54, 1.807) is 12.1 Å². The smallest absolute Gasteiger partial charge is 0.222 e. The molecule has 0 radical (unpaired) electrons. The first kappa shape index (κ1) is 14.7. The summed E-state index contributed by atoms with van der Waals surface area (Å²) in [5, 5.41) is 5.94. The summed E-state index contributed by atoms with van der Waals surface area (Å²) in [6.45, 7) is 2.06. The van der Waals surface area contributed by atoms with E-state index in [2.05, 4.69) is 10.6 Å². The minimum atomic E-state index is -0.249. The van der Waals surface area contributed by atoms with E-state index < -0.39 is 0 Å². The molecule has 20 heavy (non-hydrogen) atoms. The number of Topliss-reactive ketones (excluding diaryl/α,β-unsaturated/α-hetero) is 1. The molecule has 0 bridgehead atoms. The number of amides is 1. The lowest BCUT2D eigenvalue weighted by molar-refractivity contribution is -0.126. The molecule has 5 heteroatoms. The number of ketones is 1. The van der Waals surface area contributed by atoms with Crippen LogP contribution >= 0.6 is 0 Å². The fraction of sp³-hybridized carbons (Fsp3) is 0.467. The maximum Gasteiger partial charge on any atom is 0.222 e. The van der Waals surface area contributed by atoms with E-state index in [1.165, 1.54) is 0 Å². The molecule has 0 saturated carbocycles. The van der Waals surface area contributed by atoms with Crippen LogP contribution in [0.1, 0.15) is 29.6 Å². The Morgan fingerprint density at radius 3 is 2.75 bits per heavy atom. The molecule has 1 aliphatic heterocycles. The van der Waals surface area contributed by atoms with Gasteiger partial charge in [0.1, 0.15) is 6.23 Å². The van der Waals surface area contributed by atoms with Crippen LogP contribution in [0.25, 0.3) is 0 Å². The number of hydrogen-bond donors (Lipinski definition) is 2. The highest BCUT2D eigenvalue weighted by Crippen LogP contribution is 2.06. The predicted molar refractivity (Wildman–Crippen MR) is 75.4 cm³/mol. The number of carbonyl (C=O) groups excluding carboxylic acids is 2. The zero-order chi connectivity index (χ0) is 14.2. The quantitative estimate of drug-likeness (QED) is 0.764. The zero-order valence-electron chi connectivity index (χ0n) is 11.4. The summed E-state index contributed by atoms with van der Waals surface area (Å²) in [5.74, 6) is 0.00791. The molecule has 5 nitrogen and oxygen atoms in total. The number of rotatable bonds is 6. The second kappa shape index (κ2) is 7.77. The Balaban J connectivity index is 1.65. The third-order valence-corrected chi connectivity index (χ3v) is 3.15. The van der Waals surface area contributed by atoms with Crippen molar-refractivity contribution in [2.75, 3.05) is 19.7 Å². The molecule has 1 heterocycles. The van der Waals surface area contributed by atoms with Crippen LogP contribution in [0, 0.1) is 0 Å². The highest BCUT2D eigenvalue weighted by Gasteiger charge is 2.15. The first-order valence-electron chi connectivity index (χ1n) is 6.95. The van der Waals surface area contributed by atoms with Gasteiger partial charge < -0.3 is 15.4 Å². The first-order chi connectivity index (χ1) is 9.75. The molecule has 1 saturated heterocycles. The summed E-state index contributed by atoms with van der Waals surface area (Å²) in [5.41, 5.74) is 0.702. The molecule has 0 aliphatic carbocycles. The van der Waals surface area contributed by atoms with Crippen LogP contribution < -0.4 is 10.6 Å². The monoisotopic (exact) mass is 276 g/mol. The number of hydrogen-bond acceptors (Lipinski definition) is 4. The second-order valence-corrected chi connectivity index (χ2v) is 4.77. The van der Waals surface area contributed by atoms with E-state index in [0.717, 1.165) is 6.54 Å². The molecule has 1 amide bonds. The normalized spacial score (nSPS) is 18.5. The molecule has 1 aromatic rings. The summed E-state index contributed by atoms with van der Waals surface area (Å²) in [6, 6.07) is 9.15. The predicted octanol–water partition coefficient (Wildman–Crippen LogP) is 1.10. The van der Waals surface area contributed by atoms with Crippen LogP contribution in [0.5, 0.6) is 0 Å². The van der Waals surface area contributed by atoms with Crippen molar-refractivity contribution in [2.24, 2.45) is 0 Å². The Morgan fingerprint density at radius 1 is 1.25 bits per heavy atom. The number of nitrogens with one attached hydrogen (secondary N) is 2. The largest absolute Gasteiger partial charge is 0.356 e. The Labute approximate surface area is 118 Å². The third kappa shape index (κ3) is 4.75. The van der Waals surface area contributed by atoms with Crippen LogP contribution in [0.3, 0.4) is 0 Å². The summed E-state index contributed by atoms with van der Waals surface area (Å²) in [7, 11) is 0. The van der Waals surface area contributed by atoms with E-state index in [9.17, 15) is 9.59 Å². The topological polar surface area (TPSA) is 67.4 Å². The van der Waals surface area contributed by atoms with Gasteiger partial charge in [0.2, 0.25) is 5.91 Å². The van der Waals surface area contributed by atoms with Crippen molar-refractivity contribution in [3.63, 3.8) is 0 Å². The van der Waals surface area contributed by atoms with Gasteiger partial charge in [-0.15, -0.1) is 0 Å². The Bertz CT molecular complexity index is 442. The molecule has 1 unspecified atom stereocenters. The Morgan fingerprint density at radius 2 is 2.05 bits per heavy atom. The molecule has 1 aliphatic rings. The van der Waals surface area contributed by atoms with Crippen molar-refractivity contribution in [3.05, 3.63) is 35.9 Å². The fourth-order valence-corrected chi connectivity index (χ4v) is 2.09. The van der Waals surface area contributed by atoms with Crippen LogP contribution in [0.2, 0.25) is 0 Å². The van der Waals surface area contributed by atoms with Gasteiger partial charge in [0.05, 0.1) is 6.61 Å². The van der Waals surface area contributed by atoms with E-state index in [1.807, 2.05) is 18.2 Å². The summed E-state index contributed by atoms with van der Waals surface area (Å²) < 4.78 is 5.38. The van der Waals surface area contributed by atoms with Crippen LogP contribution in [0.15, 0.2) is 30.3 Å². The number of benzene rings is 1. The molecule has 1 fully saturated rings. The number of carbonyl (C=O) groups is 2. The molecular weight excluding hydrogens is 256 g/mol. The molecule has 0 spiro atoms. The van der Waals surface area contributed by atoms with Gasteiger partial charge in [-0.3, -0.25) is 9.59 Å². The SMILES string of the molecule is O=C(CCCC(=O)c1ccccc1)NC1CNCCO1.